The van der Waals surface area contributed by atoms with Gasteiger partial charge in [0.15, 0.2) is 0 Å². The molecule has 6 heteroatoms. The fraction of sp³-hybridized carbons (Fsp3) is 0.333. The zero-order valence-corrected chi connectivity index (χ0v) is 18.7. The Morgan fingerprint density at radius 2 is 2.17 bits per heavy atom. The summed E-state index contributed by atoms with van der Waals surface area (Å²) in [6.07, 6.45) is 5.09. The second-order valence-electron chi connectivity index (χ2n) is 8.26. The van der Waals surface area contributed by atoms with Crippen molar-refractivity contribution in [3.05, 3.63) is 69.3 Å². The van der Waals surface area contributed by atoms with Crippen molar-refractivity contribution in [3.63, 3.8) is 0 Å². The standard InChI is InChI=1S/C24H25BrN4O/c1-16-8-9-21-20(12-16)19-6-3-7-22-24(19)29(21)11-10-28(22)15-23(30)27-26-14-17-4-2-5-18(25)13-17/h2,4-5,8-9,12-14,22H,3,6-7,10-11,15H2,1H3,(H,27,30)/t22-/m0/s1. The highest BCUT2D eigenvalue weighted by Gasteiger charge is 2.35. The smallest absolute Gasteiger partial charge is 0.254 e. The SMILES string of the molecule is Cc1ccc2c(c1)c1c3n2CCN(CC(=O)NN=Cc2cccc(Br)c2)[C@H]3CCC1. The van der Waals surface area contributed by atoms with Crippen molar-refractivity contribution in [1.82, 2.24) is 14.9 Å². The van der Waals surface area contributed by atoms with E-state index < -0.39 is 0 Å². The molecule has 2 heterocycles. The number of benzene rings is 2. The van der Waals surface area contributed by atoms with Gasteiger partial charge in [-0.05, 0) is 61.6 Å². The topological polar surface area (TPSA) is 49.6 Å². The monoisotopic (exact) mass is 464 g/mol. The quantitative estimate of drug-likeness (QED) is 0.454. The van der Waals surface area contributed by atoms with Gasteiger partial charge in [-0.1, -0.05) is 39.7 Å². The van der Waals surface area contributed by atoms with E-state index in [9.17, 15) is 4.79 Å². The molecular weight excluding hydrogens is 440 g/mol. The van der Waals surface area contributed by atoms with E-state index in [0.717, 1.165) is 36.0 Å². The summed E-state index contributed by atoms with van der Waals surface area (Å²) in [5.74, 6) is -0.0613. The Morgan fingerprint density at radius 3 is 3.03 bits per heavy atom. The second-order valence-corrected chi connectivity index (χ2v) is 9.18. The average Bonchev–Trinajstić information content (AvgIpc) is 3.05. The number of rotatable bonds is 4. The van der Waals surface area contributed by atoms with Crippen LogP contribution in [0, 0.1) is 6.92 Å². The Kier molecular flexibility index (Phi) is 5.21. The van der Waals surface area contributed by atoms with Crippen LogP contribution in [-0.2, 0) is 17.8 Å². The normalized spacial score (nSPS) is 18.7. The number of hydrazone groups is 1. The second kappa shape index (κ2) is 8.00. The van der Waals surface area contributed by atoms with Crippen molar-refractivity contribution >= 4 is 39.0 Å². The first-order valence-corrected chi connectivity index (χ1v) is 11.3. The van der Waals surface area contributed by atoms with Crippen LogP contribution in [0.4, 0.5) is 0 Å². The van der Waals surface area contributed by atoms with Crippen LogP contribution >= 0.6 is 15.9 Å². The fourth-order valence-electron chi connectivity index (χ4n) is 4.97. The van der Waals surface area contributed by atoms with Crippen LogP contribution in [0.15, 0.2) is 52.0 Å². The molecule has 1 aromatic heterocycles. The summed E-state index contributed by atoms with van der Waals surface area (Å²) in [6, 6.07) is 14.9. The Morgan fingerprint density at radius 1 is 1.27 bits per heavy atom. The molecular formula is C24H25BrN4O. The van der Waals surface area contributed by atoms with Crippen molar-refractivity contribution < 1.29 is 4.79 Å². The van der Waals surface area contributed by atoms with Gasteiger partial charge in [0.1, 0.15) is 0 Å². The molecule has 5 nitrogen and oxygen atoms in total. The predicted molar refractivity (Wildman–Crippen MR) is 124 cm³/mol. The van der Waals surface area contributed by atoms with Crippen LogP contribution in [0.5, 0.6) is 0 Å². The average molecular weight is 465 g/mol. The zero-order chi connectivity index (χ0) is 20.7. The maximum absolute atomic E-state index is 12.6. The molecule has 0 bridgehead atoms. The number of amides is 1. The number of hydrogen-bond donors (Lipinski definition) is 1. The highest BCUT2D eigenvalue weighted by atomic mass is 79.9. The molecule has 1 aliphatic carbocycles. The molecule has 2 aromatic carbocycles. The molecule has 3 aromatic rings. The molecule has 1 N–H and O–H groups in total. The summed E-state index contributed by atoms with van der Waals surface area (Å²) in [4.78, 5) is 14.9. The summed E-state index contributed by atoms with van der Waals surface area (Å²) in [6.45, 7) is 4.35. The molecule has 0 fully saturated rings. The first-order valence-electron chi connectivity index (χ1n) is 10.5. The third-order valence-corrected chi connectivity index (χ3v) is 6.73. The Labute approximate surface area is 184 Å². The van der Waals surface area contributed by atoms with Crippen LogP contribution in [0.25, 0.3) is 10.9 Å². The van der Waals surface area contributed by atoms with E-state index in [-0.39, 0.29) is 5.91 Å². The molecule has 0 spiro atoms. The lowest BCUT2D eigenvalue weighted by atomic mass is 9.89. The summed E-state index contributed by atoms with van der Waals surface area (Å²) >= 11 is 3.45. The largest absolute Gasteiger partial charge is 0.342 e. The van der Waals surface area contributed by atoms with E-state index in [0.29, 0.717) is 12.6 Å². The predicted octanol–water partition coefficient (Wildman–Crippen LogP) is 4.56. The zero-order valence-electron chi connectivity index (χ0n) is 17.1. The van der Waals surface area contributed by atoms with Gasteiger partial charge in [0.25, 0.3) is 5.91 Å². The summed E-state index contributed by atoms with van der Waals surface area (Å²) in [5, 5.41) is 5.54. The Bertz CT molecular complexity index is 1150. The van der Waals surface area contributed by atoms with Gasteiger partial charge in [0, 0.05) is 34.2 Å². The molecule has 154 valence electrons. The molecule has 0 saturated heterocycles. The van der Waals surface area contributed by atoms with Gasteiger partial charge < -0.3 is 4.57 Å². The molecule has 5 rings (SSSR count). The number of fused-ring (bicyclic) bond motifs is 3. The number of nitrogens with zero attached hydrogens (tertiary/aromatic N) is 3. The van der Waals surface area contributed by atoms with E-state index in [2.05, 4.69) is 61.0 Å². The lowest BCUT2D eigenvalue weighted by molar-refractivity contribution is -0.123. The first kappa shape index (κ1) is 19.5. The summed E-state index contributed by atoms with van der Waals surface area (Å²) in [7, 11) is 0. The number of hydrogen-bond acceptors (Lipinski definition) is 3. The van der Waals surface area contributed by atoms with E-state index in [1.807, 2.05) is 24.3 Å². The number of carbonyl (C=O) groups is 1. The van der Waals surface area contributed by atoms with Gasteiger partial charge in [-0.15, -0.1) is 0 Å². The van der Waals surface area contributed by atoms with Crippen molar-refractivity contribution in [2.24, 2.45) is 5.10 Å². The van der Waals surface area contributed by atoms with Crippen LogP contribution in [0.2, 0.25) is 0 Å². The van der Waals surface area contributed by atoms with Crippen molar-refractivity contribution in [2.75, 3.05) is 13.1 Å². The number of aromatic nitrogens is 1. The van der Waals surface area contributed by atoms with Gasteiger partial charge in [-0.2, -0.15) is 5.10 Å². The molecule has 1 aliphatic heterocycles. The molecule has 30 heavy (non-hydrogen) atoms. The van der Waals surface area contributed by atoms with Gasteiger partial charge in [0.05, 0.1) is 18.8 Å². The first-order chi connectivity index (χ1) is 14.6. The molecule has 0 unspecified atom stereocenters. The molecule has 0 radical (unpaired) electrons. The highest BCUT2D eigenvalue weighted by Crippen LogP contribution is 2.42. The minimum Gasteiger partial charge on any atom is -0.342 e. The maximum Gasteiger partial charge on any atom is 0.254 e. The molecule has 1 amide bonds. The summed E-state index contributed by atoms with van der Waals surface area (Å²) in [5.41, 5.74) is 9.22. The fourth-order valence-corrected chi connectivity index (χ4v) is 5.38. The van der Waals surface area contributed by atoms with Gasteiger partial charge in [-0.3, -0.25) is 9.69 Å². The van der Waals surface area contributed by atoms with Crippen LogP contribution in [0.3, 0.4) is 0 Å². The van der Waals surface area contributed by atoms with Crippen molar-refractivity contribution in [1.29, 1.82) is 0 Å². The Balaban J connectivity index is 1.33. The lowest BCUT2D eigenvalue weighted by Gasteiger charge is -2.39. The van der Waals surface area contributed by atoms with E-state index in [1.54, 1.807) is 6.21 Å². The van der Waals surface area contributed by atoms with Crippen molar-refractivity contribution in [2.45, 2.75) is 38.8 Å². The van der Waals surface area contributed by atoms with Crippen LogP contribution < -0.4 is 5.43 Å². The third-order valence-electron chi connectivity index (χ3n) is 6.24. The minimum atomic E-state index is -0.0613. The van der Waals surface area contributed by atoms with E-state index in [1.165, 1.54) is 34.1 Å². The van der Waals surface area contributed by atoms with E-state index >= 15 is 0 Å². The number of halogens is 1. The van der Waals surface area contributed by atoms with E-state index in [4.69, 9.17) is 0 Å². The third kappa shape index (κ3) is 3.59. The molecule has 2 aliphatic rings. The highest BCUT2D eigenvalue weighted by molar-refractivity contribution is 9.10. The van der Waals surface area contributed by atoms with Crippen LogP contribution in [0.1, 0.15) is 41.3 Å². The number of carbonyl (C=O) groups excluding carboxylic acids is 1. The summed E-state index contributed by atoms with van der Waals surface area (Å²) < 4.78 is 3.48. The molecule has 1 atom stereocenters. The van der Waals surface area contributed by atoms with Gasteiger partial charge in [0.2, 0.25) is 0 Å². The molecule has 0 saturated carbocycles. The van der Waals surface area contributed by atoms with Crippen molar-refractivity contribution in [3.8, 4) is 0 Å². The van der Waals surface area contributed by atoms with Gasteiger partial charge in [-0.25, -0.2) is 5.43 Å². The number of aryl methyl sites for hydroxylation is 2. The minimum absolute atomic E-state index is 0.0613. The van der Waals surface area contributed by atoms with Crippen LogP contribution in [-0.4, -0.2) is 34.7 Å². The maximum atomic E-state index is 12.6. The number of nitrogens with one attached hydrogen (secondary N) is 1. The van der Waals surface area contributed by atoms with Gasteiger partial charge >= 0.3 is 0 Å². The Hall–Kier alpha value is -2.44. The lowest BCUT2D eigenvalue weighted by Crippen LogP contribution is -2.44.